The Bertz CT molecular complexity index is 374. The molecule has 1 saturated carbocycles. The summed E-state index contributed by atoms with van der Waals surface area (Å²) >= 11 is -0.948. The lowest BCUT2D eigenvalue weighted by Gasteiger charge is -2.26. The van der Waals surface area contributed by atoms with Crippen molar-refractivity contribution >= 4 is 11.4 Å². The van der Waals surface area contributed by atoms with E-state index in [0.29, 0.717) is 12.0 Å². The van der Waals surface area contributed by atoms with E-state index in [1.54, 1.807) is 0 Å². The summed E-state index contributed by atoms with van der Waals surface area (Å²) in [5.41, 5.74) is 1.42. The van der Waals surface area contributed by atoms with Crippen molar-refractivity contribution < 1.29 is 4.55 Å². The van der Waals surface area contributed by atoms with E-state index in [1.807, 2.05) is 20.8 Å². The highest BCUT2D eigenvalue weighted by Gasteiger charge is 2.33. The van der Waals surface area contributed by atoms with Gasteiger partial charge in [0.25, 0.3) is 0 Å². The Morgan fingerprint density at radius 2 is 1.83 bits per heavy atom. The quantitative estimate of drug-likeness (QED) is 0.850. The maximum Gasteiger partial charge on any atom is 0.136 e. The van der Waals surface area contributed by atoms with Crippen LogP contribution in [0.3, 0.4) is 0 Å². The molecule has 3 heteroatoms. The largest absolute Gasteiger partial charge is 0.598 e. The zero-order valence-electron chi connectivity index (χ0n) is 11.5. The molecular formula is C15H23NOS. The van der Waals surface area contributed by atoms with Crippen LogP contribution < -0.4 is 4.72 Å². The Labute approximate surface area is 113 Å². The Kier molecular flexibility index (Phi) is 4.36. The molecule has 1 fully saturated rings. The summed E-state index contributed by atoms with van der Waals surface area (Å²) in [4.78, 5) is 0. The van der Waals surface area contributed by atoms with Gasteiger partial charge in [-0.05, 0) is 51.5 Å². The molecule has 0 aromatic heterocycles. The third-order valence-corrected chi connectivity index (χ3v) is 5.19. The first-order valence-electron chi connectivity index (χ1n) is 6.70. The summed E-state index contributed by atoms with van der Waals surface area (Å²) in [7, 11) is 0. The van der Waals surface area contributed by atoms with Crippen molar-refractivity contribution in [2.75, 3.05) is 0 Å². The van der Waals surface area contributed by atoms with Gasteiger partial charge < -0.3 is 4.55 Å². The molecule has 100 valence electrons. The van der Waals surface area contributed by atoms with Gasteiger partial charge in [0, 0.05) is 11.4 Å². The molecule has 0 aliphatic heterocycles. The second-order valence-corrected chi connectivity index (χ2v) is 8.11. The van der Waals surface area contributed by atoms with Crippen LogP contribution in [0.2, 0.25) is 0 Å². The Morgan fingerprint density at radius 1 is 1.17 bits per heavy atom. The smallest absolute Gasteiger partial charge is 0.136 e. The average Bonchev–Trinajstić information content (AvgIpc) is 2.77. The molecule has 0 saturated heterocycles. The molecular weight excluding hydrogens is 242 g/mol. The van der Waals surface area contributed by atoms with Gasteiger partial charge in [-0.15, -0.1) is 4.72 Å². The lowest BCUT2D eigenvalue weighted by atomic mass is 9.98. The minimum Gasteiger partial charge on any atom is -0.598 e. The standard InChI is InChI=1S/C15H23NOS/c1-15(2,3)18(17)16-14-10-9-13(11-14)12-7-5-4-6-8-12/h4-8,13-14,16H,9-11H2,1-3H3/t13-,14-,18+/m1/s1. The molecule has 0 radical (unpaired) electrons. The van der Waals surface area contributed by atoms with Crippen LogP contribution in [-0.2, 0) is 11.4 Å². The fourth-order valence-electron chi connectivity index (χ4n) is 2.44. The SMILES string of the molecule is CC(C)(C)[S@+]([O-])N[C@@H]1CC[C@@H](c2ccccc2)C1. The Morgan fingerprint density at radius 3 is 2.44 bits per heavy atom. The molecule has 3 atom stereocenters. The van der Waals surface area contributed by atoms with Gasteiger partial charge >= 0.3 is 0 Å². The van der Waals surface area contributed by atoms with Crippen LogP contribution in [0.15, 0.2) is 30.3 Å². The predicted octanol–water partition coefficient (Wildman–Crippen LogP) is 3.37. The van der Waals surface area contributed by atoms with Crippen LogP contribution in [0.25, 0.3) is 0 Å². The topological polar surface area (TPSA) is 35.1 Å². The highest BCUT2D eigenvalue weighted by Crippen LogP contribution is 2.35. The normalized spacial score (nSPS) is 26.2. The van der Waals surface area contributed by atoms with E-state index in [2.05, 4.69) is 35.1 Å². The molecule has 1 aliphatic rings. The number of benzene rings is 1. The molecule has 2 nitrogen and oxygen atoms in total. The van der Waals surface area contributed by atoms with Crippen LogP contribution in [-0.4, -0.2) is 15.3 Å². The van der Waals surface area contributed by atoms with Crippen molar-refractivity contribution in [3.8, 4) is 0 Å². The molecule has 2 rings (SSSR count). The third-order valence-electron chi connectivity index (χ3n) is 3.53. The number of hydrogen-bond acceptors (Lipinski definition) is 2. The summed E-state index contributed by atoms with van der Waals surface area (Å²) in [6.45, 7) is 6.04. The summed E-state index contributed by atoms with van der Waals surface area (Å²) in [6.07, 6.45) is 3.43. The molecule has 1 N–H and O–H groups in total. The molecule has 0 heterocycles. The number of rotatable bonds is 3. The van der Waals surface area contributed by atoms with Gasteiger partial charge in [0.2, 0.25) is 0 Å². The minimum absolute atomic E-state index is 0.176. The first-order valence-corrected chi connectivity index (χ1v) is 7.85. The zero-order chi connectivity index (χ0) is 13.2. The maximum atomic E-state index is 12.1. The van der Waals surface area contributed by atoms with Crippen LogP contribution in [0.5, 0.6) is 0 Å². The fourth-order valence-corrected chi connectivity index (χ4v) is 3.32. The van der Waals surface area contributed by atoms with Crippen LogP contribution in [0.1, 0.15) is 51.5 Å². The van der Waals surface area contributed by atoms with Crippen molar-refractivity contribution in [1.29, 1.82) is 0 Å². The average molecular weight is 265 g/mol. The van der Waals surface area contributed by atoms with E-state index in [9.17, 15) is 4.55 Å². The van der Waals surface area contributed by atoms with Crippen molar-refractivity contribution in [2.45, 2.75) is 56.7 Å². The molecule has 0 amide bonds. The Balaban J connectivity index is 1.89. The summed E-state index contributed by atoms with van der Waals surface area (Å²) in [5, 5.41) is 0. The summed E-state index contributed by atoms with van der Waals surface area (Å²) in [5.74, 6) is 0.626. The first kappa shape index (κ1) is 13.9. The van der Waals surface area contributed by atoms with Crippen molar-refractivity contribution in [3.05, 3.63) is 35.9 Å². The Hall–Kier alpha value is -0.510. The second kappa shape index (κ2) is 5.64. The van der Waals surface area contributed by atoms with Crippen molar-refractivity contribution in [3.63, 3.8) is 0 Å². The van der Waals surface area contributed by atoms with Gasteiger partial charge in [-0.2, -0.15) is 0 Å². The van der Waals surface area contributed by atoms with E-state index >= 15 is 0 Å². The minimum atomic E-state index is -0.948. The van der Waals surface area contributed by atoms with Crippen LogP contribution >= 0.6 is 0 Å². The van der Waals surface area contributed by atoms with Crippen LogP contribution in [0, 0.1) is 0 Å². The van der Waals surface area contributed by atoms with Gasteiger partial charge in [-0.3, -0.25) is 0 Å². The monoisotopic (exact) mass is 265 g/mol. The molecule has 1 aromatic rings. The van der Waals surface area contributed by atoms with E-state index in [0.717, 1.165) is 12.8 Å². The second-order valence-electron chi connectivity index (χ2n) is 6.12. The first-order chi connectivity index (χ1) is 8.47. The lowest BCUT2D eigenvalue weighted by molar-refractivity contribution is 0.518. The summed E-state index contributed by atoms with van der Waals surface area (Å²) < 4.78 is 15.2. The summed E-state index contributed by atoms with van der Waals surface area (Å²) in [6, 6.07) is 11.1. The third kappa shape index (κ3) is 3.50. The van der Waals surface area contributed by atoms with Gasteiger partial charge in [0.15, 0.2) is 0 Å². The highest BCUT2D eigenvalue weighted by molar-refractivity contribution is 7.90. The van der Waals surface area contributed by atoms with Gasteiger partial charge in [-0.25, -0.2) is 0 Å². The fraction of sp³-hybridized carbons (Fsp3) is 0.600. The molecule has 1 aliphatic carbocycles. The number of hydrogen-bond donors (Lipinski definition) is 1. The van der Waals surface area contributed by atoms with E-state index < -0.39 is 11.4 Å². The number of nitrogens with one attached hydrogen (secondary N) is 1. The highest BCUT2D eigenvalue weighted by atomic mass is 32.2. The maximum absolute atomic E-state index is 12.1. The zero-order valence-corrected chi connectivity index (χ0v) is 12.3. The van der Waals surface area contributed by atoms with Gasteiger partial charge in [0.05, 0.1) is 6.04 Å². The molecule has 1 aromatic carbocycles. The van der Waals surface area contributed by atoms with E-state index in [1.165, 1.54) is 12.0 Å². The molecule has 0 spiro atoms. The van der Waals surface area contributed by atoms with E-state index in [-0.39, 0.29) is 4.75 Å². The molecule has 0 unspecified atom stereocenters. The van der Waals surface area contributed by atoms with Crippen LogP contribution in [0.4, 0.5) is 0 Å². The van der Waals surface area contributed by atoms with E-state index in [4.69, 9.17) is 0 Å². The lowest BCUT2D eigenvalue weighted by Crippen LogP contribution is -2.43. The van der Waals surface area contributed by atoms with Gasteiger partial charge in [0.1, 0.15) is 4.75 Å². The van der Waals surface area contributed by atoms with Crippen molar-refractivity contribution in [2.24, 2.45) is 0 Å². The predicted molar refractivity (Wildman–Crippen MR) is 77.9 cm³/mol. The molecule has 0 bridgehead atoms. The molecule has 18 heavy (non-hydrogen) atoms. The van der Waals surface area contributed by atoms with Crippen molar-refractivity contribution in [1.82, 2.24) is 4.72 Å². The van der Waals surface area contributed by atoms with Gasteiger partial charge in [-0.1, -0.05) is 30.3 Å².